The molecule has 0 amide bonds. The van der Waals surface area contributed by atoms with Crippen LogP contribution < -0.4 is 11.1 Å². The Hall–Kier alpha value is -5.15. The first-order chi connectivity index (χ1) is 26.6. The highest BCUT2D eigenvalue weighted by atomic mass is 35.5. The lowest BCUT2D eigenvalue weighted by Gasteiger charge is -2.30. The van der Waals surface area contributed by atoms with Crippen molar-refractivity contribution in [2.75, 3.05) is 26.7 Å². The van der Waals surface area contributed by atoms with E-state index in [1.54, 1.807) is 31.2 Å². The number of H-pyrrole nitrogens is 1. The van der Waals surface area contributed by atoms with Crippen molar-refractivity contribution in [1.29, 1.82) is 0 Å². The smallest absolute Gasteiger partial charge is 0.381 e. The molecule has 1 unspecified atom stereocenters. The number of fused-ring (bicyclic) bond motifs is 2. The van der Waals surface area contributed by atoms with Crippen LogP contribution in [0, 0.1) is 12.7 Å². The van der Waals surface area contributed by atoms with Crippen molar-refractivity contribution in [1.82, 2.24) is 30.0 Å². The average Bonchev–Trinajstić information content (AvgIpc) is 3.71. The van der Waals surface area contributed by atoms with Gasteiger partial charge in [-0.3, -0.25) is 14.8 Å². The van der Waals surface area contributed by atoms with Crippen LogP contribution in [-0.4, -0.2) is 70.6 Å². The second-order valence-corrected chi connectivity index (χ2v) is 13.2. The van der Waals surface area contributed by atoms with Crippen molar-refractivity contribution in [3.8, 4) is 11.1 Å². The van der Waals surface area contributed by atoms with E-state index in [9.17, 15) is 22.4 Å². The molecule has 2 aromatic heterocycles. The highest BCUT2D eigenvalue weighted by Crippen LogP contribution is 2.39. The minimum Gasteiger partial charge on any atom is -0.381 e. The number of nitrogens with zero attached hydrogens (tertiary/aromatic N) is 4. The van der Waals surface area contributed by atoms with Crippen LogP contribution >= 0.6 is 11.6 Å². The first-order valence-electron chi connectivity index (χ1n) is 17.5. The van der Waals surface area contributed by atoms with E-state index < -0.39 is 17.6 Å². The molecule has 0 radical (unpaired) electrons. The van der Waals surface area contributed by atoms with Gasteiger partial charge in [0.25, 0.3) is 0 Å². The minimum atomic E-state index is -4.56. The Morgan fingerprint density at radius 1 is 1.13 bits per heavy atom. The lowest BCUT2D eigenvalue weighted by molar-refractivity contribution is -0.136. The molecule has 5 aromatic rings. The molecule has 2 aliphatic heterocycles. The maximum atomic E-state index is 14.5. The van der Waals surface area contributed by atoms with Crippen molar-refractivity contribution in [2.45, 2.75) is 51.7 Å². The molecule has 0 spiro atoms. The second kappa shape index (κ2) is 18.5. The first-order valence-corrected chi connectivity index (χ1v) is 17.9. The van der Waals surface area contributed by atoms with Gasteiger partial charge in [0.05, 0.1) is 35.8 Å². The summed E-state index contributed by atoms with van der Waals surface area (Å²) >= 11 is 5.92. The molecule has 15 heteroatoms. The Morgan fingerprint density at radius 3 is 2.56 bits per heavy atom. The van der Waals surface area contributed by atoms with Gasteiger partial charge in [-0.25, -0.2) is 9.37 Å². The van der Waals surface area contributed by atoms with Gasteiger partial charge in [-0.15, -0.1) is 0 Å². The van der Waals surface area contributed by atoms with Gasteiger partial charge in [-0.1, -0.05) is 35.9 Å². The number of aryl methyl sites for hydroxylation is 1. The van der Waals surface area contributed by atoms with Gasteiger partial charge < -0.3 is 25.1 Å². The molecule has 4 heterocycles. The Labute approximate surface area is 320 Å². The van der Waals surface area contributed by atoms with Crippen LogP contribution in [0.3, 0.4) is 0 Å². The minimum absolute atomic E-state index is 0.0306. The number of carbonyl (C=O) groups is 2. The first kappa shape index (κ1) is 41.0. The lowest BCUT2D eigenvalue weighted by Crippen LogP contribution is -2.34. The van der Waals surface area contributed by atoms with Crippen molar-refractivity contribution in [3.05, 3.63) is 118 Å². The van der Waals surface area contributed by atoms with Gasteiger partial charge in [-0.05, 0) is 92.1 Å². The molecule has 1 atom stereocenters. The van der Waals surface area contributed by atoms with Crippen LogP contribution in [0.1, 0.15) is 35.5 Å². The van der Waals surface area contributed by atoms with E-state index in [1.807, 2.05) is 31.1 Å². The van der Waals surface area contributed by atoms with Gasteiger partial charge in [0.2, 0.25) is 0 Å². The monoisotopic (exact) mass is 779 g/mol. The predicted molar refractivity (Wildman–Crippen MR) is 206 cm³/mol. The number of rotatable bonds is 11. The number of halogens is 5. The van der Waals surface area contributed by atoms with E-state index in [2.05, 4.69) is 36.8 Å². The fraction of sp³-hybridized carbons (Fsp3) is 0.300. The summed E-state index contributed by atoms with van der Waals surface area (Å²) in [7, 11) is 1.50. The zero-order valence-corrected chi connectivity index (χ0v) is 31.2. The van der Waals surface area contributed by atoms with Crippen molar-refractivity contribution < 1.29 is 31.9 Å². The standard InChI is InChI=1S/C38H35ClF4N6O2.CH5N.CH2O/c1-23-30-16-27(17-31(38(41,42)43)37(30)47-46-23)25-6-8-34-35(18-25)49(21-29-11-15-51-29)36(45-34)22-48-12-9-24(10-13-48)33(4-2-3-14-50)44-20-26-5-7-28(39)19-32(26)40;2*1-2/h2-9,14,16-19,29,44H,10-13,15,20-22H2,1H3,(H,46,47);2H2,1H3;1H2/b3-2-,33-4-;;. The lowest BCUT2D eigenvalue weighted by atomic mass is 9.99. The van der Waals surface area contributed by atoms with E-state index >= 15 is 0 Å². The van der Waals surface area contributed by atoms with Crippen molar-refractivity contribution in [2.24, 2.45) is 5.73 Å². The number of imidazole rings is 1. The number of alkyl halides is 3. The Morgan fingerprint density at radius 2 is 1.91 bits per heavy atom. The number of nitrogens with two attached hydrogens (primary N) is 1. The third kappa shape index (κ3) is 9.57. The molecule has 3 aromatic carbocycles. The predicted octanol–water partition coefficient (Wildman–Crippen LogP) is 7.44. The summed E-state index contributed by atoms with van der Waals surface area (Å²) in [6, 6.07) is 13.1. The maximum Gasteiger partial charge on any atom is 0.418 e. The summed E-state index contributed by atoms with van der Waals surface area (Å²) < 4.78 is 64.7. The normalized spacial score (nSPS) is 16.3. The third-order valence-corrected chi connectivity index (χ3v) is 9.67. The van der Waals surface area contributed by atoms with Crippen LogP contribution in [0.25, 0.3) is 33.1 Å². The van der Waals surface area contributed by atoms with Gasteiger partial charge in [0, 0.05) is 53.6 Å². The molecule has 0 aliphatic carbocycles. The number of carbonyl (C=O) groups excluding carboxylic acids is 2. The quantitative estimate of drug-likeness (QED) is 0.0546. The molecule has 0 saturated carbocycles. The molecule has 4 N–H and O–H groups in total. The number of aromatic amines is 1. The number of allylic oxidation sites excluding steroid dienone is 4. The van der Waals surface area contributed by atoms with Crippen molar-refractivity contribution in [3.63, 3.8) is 0 Å². The molecular formula is C40H42ClF4N7O3. The van der Waals surface area contributed by atoms with Gasteiger partial charge in [0.15, 0.2) is 0 Å². The van der Waals surface area contributed by atoms with E-state index in [-0.39, 0.29) is 18.2 Å². The summed E-state index contributed by atoms with van der Waals surface area (Å²) in [4.78, 5) is 26.2. The number of nitrogens with one attached hydrogen (secondary N) is 2. The van der Waals surface area contributed by atoms with E-state index in [4.69, 9.17) is 26.1 Å². The fourth-order valence-electron chi connectivity index (χ4n) is 6.56. The number of hydrogen-bond acceptors (Lipinski definition) is 8. The highest BCUT2D eigenvalue weighted by molar-refractivity contribution is 6.30. The van der Waals surface area contributed by atoms with E-state index in [0.29, 0.717) is 71.7 Å². The summed E-state index contributed by atoms with van der Waals surface area (Å²) in [6.45, 7) is 7.12. The molecule has 2 aliphatic rings. The average molecular weight is 780 g/mol. The Kier molecular flexibility index (Phi) is 13.8. The summed E-state index contributed by atoms with van der Waals surface area (Å²) in [5.74, 6) is 0.441. The molecule has 0 bridgehead atoms. The van der Waals surface area contributed by atoms with E-state index in [0.717, 1.165) is 47.2 Å². The molecule has 55 heavy (non-hydrogen) atoms. The van der Waals surface area contributed by atoms with Crippen LogP contribution in [-0.2, 0) is 40.1 Å². The van der Waals surface area contributed by atoms with E-state index in [1.165, 1.54) is 19.2 Å². The number of ether oxygens (including phenoxy) is 1. The second-order valence-electron chi connectivity index (χ2n) is 12.8. The van der Waals surface area contributed by atoms with Crippen LogP contribution in [0.5, 0.6) is 0 Å². The van der Waals surface area contributed by atoms with Crippen LogP contribution in [0.2, 0.25) is 5.02 Å². The highest BCUT2D eigenvalue weighted by Gasteiger charge is 2.35. The number of aldehydes is 1. The fourth-order valence-corrected chi connectivity index (χ4v) is 6.72. The molecule has 1 fully saturated rings. The SMILES string of the molecule is C=O.CN.Cc1[nH]nc2c(C(F)(F)F)cc(-c3ccc4nc(CN5CC=C(/C(=C/C=C\C=O)NCc6ccc(Cl)cc6F)CC5)n(CC5CCO5)c4c3)cc12. The summed E-state index contributed by atoms with van der Waals surface area (Å²) in [5.41, 5.74) is 9.18. The largest absolute Gasteiger partial charge is 0.418 e. The van der Waals surface area contributed by atoms with Crippen LogP contribution in [0.4, 0.5) is 17.6 Å². The Balaban J connectivity index is 0.00000140. The third-order valence-electron chi connectivity index (χ3n) is 9.44. The van der Waals surface area contributed by atoms with Crippen molar-refractivity contribution >= 4 is 46.6 Å². The summed E-state index contributed by atoms with van der Waals surface area (Å²) in [5, 5.41) is 10.7. The molecule has 10 nitrogen and oxygen atoms in total. The number of hydrogen-bond donors (Lipinski definition) is 3. The summed E-state index contributed by atoms with van der Waals surface area (Å²) in [6.07, 6.45) is 4.75. The molecule has 1 saturated heterocycles. The van der Waals surface area contributed by atoms with Gasteiger partial charge in [0.1, 0.15) is 30.2 Å². The van der Waals surface area contributed by atoms with Crippen LogP contribution in [0.15, 0.2) is 84.1 Å². The Bertz CT molecular complexity index is 2220. The topological polar surface area (TPSA) is 131 Å². The molecular weight excluding hydrogens is 738 g/mol. The van der Waals surface area contributed by atoms with Gasteiger partial charge >= 0.3 is 6.18 Å². The maximum absolute atomic E-state index is 14.5. The molecule has 290 valence electrons. The zero-order chi connectivity index (χ0) is 39.7. The molecule has 7 rings (SSSR count). The number of aromatic nitrogens is 4. The van der Waals surface area contributed by atoms with Gasteiger partial charge in [-0.2, -0.15) is 18.3 Å². The number of benzene rings is 3. The zero-order valence-electron chi connectivity index (χ0n) is 30.4.